The second-order valence-electron chi connectivity index (χ2n) is 21.0. The van der Waals surface area contributed by atoms with Gasteiger partial charge in [0.15, 0.2) is 0 Å². The molecule has 13 aromatic rings. The quantitative estimate of drug-likeness (QED) is 0.147. The molecule has 0 saturated carbocycles. The van der Waals surface area contributed by atoms with Crippen molar-refractivity contribution in [2.75, 3.05) is 4.90 Å². The van der Waals surface area contributed by atoms with E-state index in [-0.39, 0.29) is 5.41 Å². The molecule has 15 rings (SSSR count). The summed E-state index contributed by atoms with van der Waals surface area (Å²) in [5.74, 6) is 0. The third kappa shape index (κ3) is 6.51. The van der Waals surface area contributed by atoms with E-state index in [4.69, 9.17) is 0 Å². The van der Waals surface area contributed by atoms with E-state index < -0.39 is 5.41 Å². The van der Waals surface area contributed by atoms with Gasteiger partial charge in [-0.3, -0.25) is 0 Å². The van der Waals surface area contributed by atoms with E-state index in [0.717, 1.165) is 17.1 Å². The van der Waals surface area contributed by atoms with Gasteiger partial charge in [-0.25, -0.2) is 0 Å². The Kier molecular flexibility index (Phi) is 10.1. The average molecular weight is 986 g/mol. The largest absolute Gasteiger partial charge is 0.310 e. The molecule has 0 unspecified atom stereocenters. The lowest BCUT2D eigenvalue weighted by atomic mass is 9.66. The van der Waals surface area contributed by atoms with Crippen LogP contribution in [0.4, 0.5) is 17.1 Å². The normalized spacial score (nSPS) is 13.6. The first kappa shape index (κ1) is 44.4. The predicted octanol–water partition coefficient (Wildman–Crippen LogP) is 20.3. The molecule has 0 aliphatic heterocycles. The number of nitrogens with zero attached hydrogens (tertiary/aromatic N) is 1. The number of thiophene rings is 1. The van der Waals surface area contributed by atoms with Gasteiger partial charge in [0.25, 0.3) is 0 Å². The van der Waals surface area contributed by atoms with E-state index in [1.54, 1.807) is 0 Å². The maximum Gasteiger partial charge on any atom is 0.0719 e. The van der Waals surface area contributed by atoms with Crippen molar-refractivity contribution >= 4 is 59.3 Å². The lowest BCUT2D eigenvalue weighted by Gasteiger charge is -2.35. The van der Waals surface area contributed by atoms with Crippen LogP contribution in [0.5, 0.6) is 0 Å². The monoisotopic (exact) mass is 985 g/mol. The van der Waals surface area contributed by atoms with Gasteiger partial charge in [0.1, 0.15) is 0 Å². The summed E-state index contributed by atoms with van der Waals surface area (Å²) in [5, 5.41) is 5.06. The fraction of sp³-hybridized carbons (Fsp3) is 0.0541. The van der Waals surface area contributed by atoms with Crippen molar-refractivity contribution in [3.05, 3.63) is 306 Å². The molecule has 0 spiro atoms. The van der Waals surface area contributed by atoms with E-state index in [0.29, 0.717) is 0 Å². The molecule has 12 aromatic carbocycles. The molecule has 1 heterocycles. The van der Waals surface area contributed by atoms with Crippen LogP contribution in [0.25, 0.3) is 86.6 Å². The summed E-state index contributed by atoms with van der Waals surface area (Å²) in [4.78, 5) is 2.48. The zero-order chi connectivity index (χ0) is 50.5. The molecule has 2 heteroatoms. The summed E-state index contributed by atoms with van der Waals surface area (Å²) in [5.41, 5.74) is 23.3. The van der Waals surface area contributed by atoms with Gasteiger partial charge in [-0.05, 0) is 113 Å². The fourth-order valence-electron chi connectivity index (χ4n) is 13.4. The number of hydrogen-bond acceptors (Lipinski definition) is 2. The van der Waals surface area contributed by atoms with Gasteiger partial charge < -0.3 is 4.90 Å². The maximum absolute atomic E-state index is 2.48. The molecular weight excluding hydrogens is 935 g/mol. The molecule has 2 aliphatic carbocycles. The fourth-order valence-corrected chi connectivity index (χ4v) is 14.7. The van der Waals surface area contributed by atoms with Crippen LogP contribution in [0.2, 0.25) is 0 Å². The minimum atomic E-state index is -0.503. The van der Waals surface area contributed by atoms with Crippen LogP contribution in [0.15, 0.2) is 273 Å². The summed E-state index contributed by atoms with van der Waals surface area (Å²) in [6, 6.07) is 102. The Morgan fingerprint density at radius 3 is 1.42 bits per heavy atom. The molecule has 0 amide bonds. The molecule has 2 aliphatic rings. The van der Waals surface area contributed by atoms with Crippen molar-refractivity contribution in [1.29, 1.82) is 0 Å². The van der Waals surface area contributed by atoms with E-state index in [1.807, 2.05) is 11.3 Å². The van der Waals surface area contributed by atoms with Crippen LogP contribution < -0.4 is 4.90 Å². The third-order valence-electron chi connectivity index (χ3n) is 16.8. The summed E-state index contributed by atoms with van der Waals surface area (Å²) in [6.07, 6.45) is 0. The highest BCUT2D eigenvalue weighted by Crippen LogP contribution is 2.58. The Balaban J connectivity index is 0.909. The predicted molar refractivity (Wildman–Crippen MR) is 323 cm³/mol. The van der Waals surface area contributed by atoms with Gasteiger partial charge in [0.2, 0.25) is 0 Å². The number of anilines is 3. The number of benzene rings is 12. The van der Waals surface area contributed by atoms with Crippen LogP contribution in [0.3, 0.4) is 0 Å². The number of fused-ring (bicyclic) bond motifs is 10. The Bertz CT molecular complexity index is 4380. The Hall–Kier alpha value is -9.08. The molecule has 0 atom stereocenters. The molecule has 0 N–H and O–H groups in total. The average Bonchev–Trinajstić information content (AvgIpc) is 4.30. The van der Waals surface area contributed by atoms with Gasteiger partial charge in [0.05, 0.1) is 11.1 Å². The van der Waals surface area contributed by atoms with Gasteiger partial charge in [0, 0.05) is 53.7 Å². The van der Waals surface area contributed by atoms with Crippen molar-refractivity contribution < 1.29 is 0 Å². The Morgan fingerprint density at radius 1 is 0.289 bits per heavy atom. The number of hydrogen-bond donors (Lipinski definition) is 0. The molecule has 358 valence electrons. The standard InChI is InChI=1S/C74H51NS/c1-73(2)65-35-15-11-27-56(65)59-44-43-52(47-69(59)73)75(51-41-39-49(40-42-51)48-21-5-3-6-22-48)70-38-18-14-30-60(70)62-32-20-34-64-63-33-19-31-61(71(63)76-72(62)64)54-45-46-68(55-26-10-9-25-53(54)55)74(50-23-7-4-8-24-50)66-36-16-12-28-57(66)58-29-13-17-37-67(58)74/h3-47H,1-2H3. The lowest BCUT2D eigenvalue weighted by Crippen LogP contribution is -2.28. The minimum absolute atomic E-state index is 0.146. The SMILES string of the molecule is CC1(C)c2ccccc2-c2ccc(N(c3ccc(-c4ccccc4)cc3)c3ccccc3-c3cccc4c3sc3c(-c5ccc(C6(c7ccccc7)c7ccccc7-c7ccccc76)c6ccccc56)cccc34)cc21. The van der Waals surface area contributed by atoms with Gasteiger partial charge in [-0.2, -0.15) is 0 Å². The first-order chi connectivity index (χ1) is 37.5. The Labute approximate surface area is 448 Å². The van der Waals surface area contributed by atoms with Crippen LogP contribution in [0, 0.1) is 0 Å². The van der Waals surface area contributed by atoms with Gasteiger partial charge >= 0.3 is 0 Å². The highest BCUT2D eigenvalue weighted by molar-refractivity contribution is 7.27. The maximum atomic E-state index is 2.48. The summed E-state index contributed by atoms with van der Waals surface area (Å²) in [7, 11) is 0. The number of para-hydroxylation sites is 1. The van der Waals surface area contributed by atoms with Crippen molar-refractivity contribution in [2.45, 2.75) is 24.7 Å². The van der Waals surface area contributed by atoms with Crippen molar-refractivity contribution in [3.8, 4) is 55.6 Å². The van der Waals surface area contributed by atoms with Crippen molar-refractivity contribution in [2.24, 2.45) is 0 Å². The van der Waals surface area contributed by atoms with E-state index in [9.17, 15) is 0 Å². The molecule has 0 radical (unpaired) electrons. The van der Waals surface area contributed by atoms with Crippen LogP contribution >= 0.6 is 11.3 Å². The molecule has 1 aromatic heterocycles. The first-order valence-electron chi connectivity index (χ1n) is 26.5. The highest BCUT2D eigenvalue weighted by atomic mass is 32.1. The zero-order valence-corrected chi connectivity index (χ0v) is 43.2. The van der Waals surface area contributed by atoms with Crippen LogP contribution in [0.1, 0.15) is 47.2 Å². The van der Waals surface area contributed by atoms with E-state index in [2.05, 4.69) is 292 Å². The summed E-state index contributed by atoms with van der Waals surface area (Å²) in [6.45, 7) is 4.74. The second kappa shape index (κ2) is 17.2. The number of rotatable bonds is 8. The highest BCUT2D eigenvalue weighted by Gasteiger charge is 2.47. The van der Waals surface area contributed by atoms with E-state index in [1.165, 1.54) is 120 Å². The topological polar surface area (TPSA) is 3.24 Å². The van der Waals surface area contributed by atoms with Crippen LogP contribution in [-0.2, 0) is 10.8 Å². The smallest absolute Gasteiger partial charge is 0.0719 e. The third-order valence-corrected chi connectivity index (χ3v) is 18.1. The van der Waals surface area contributed by atoms with E-state index >= 15 is 0 Å². The summed E-state index contributed by atoms with van der Waals surface area (Å²) >= 11 is 1.92. The van der Waals surface area contributed by atoms with Gasteiger partial charge in [-0.15, -0.1) is 11.3 Å². The van der Waals surface area contributed by atoms with Gasteiger partial charge in [-0.1, -0.05) is 257 Å². The summed E-state index contributed by atoms with van der Waals surface area (Å²) < 4.78 is 2.58. The second-order valence-corrected chi connectivity index (χ2v) is 22.1. The van der Waals surface area contributed by atoms with Crippen molar-refractivity contribution in [1.82, 2.24) is 0 Å². The Morgan fingerprint density at radius 2 is 0.750 bits per heavy atom. The zero-order valence-electron chi connectivity index (χ0n) is 42.3. The molecule has 0 bridgehead atoms. The first-order valence-corrected chi connectivity index (χ1v) is 27.3. The lowest BCUT2D eigenvalue weighted by molar-refractivity contribution is 0.660. The molecule has 76 heavy (non-hydrogen) atoms. The molecule has 0 saturated heterocycles. The molecule has 0 fully saturated rings. The minimum Gasteiger partial charge on any atom is -0.310 e. The van der Waals surface area contributed by atoms with Crippen LogP contribution in [-0.4, -0.2) is 0 Å². The molecule has 1 nitrogen and oxygen atoms in total. The van der Waals surface area contributed by atoms with Crippen molar-refractivity contribution in [3.63, 3.8) is 0 Å². The molecular formula is C74H51NS.